The van der Waals surface area contributed by atoms with Crippen LogP contribution in [0.15, 0.2) is 35.6 Å². The van der Waals surface area contributed by atoms with E-state index in [1.165, 1.54) is 24.4 Å². The summed E-state index contributed by atoms with van der Waals surface area (Å²) >= 11 is 1.34. The average molecular weight is 521 g/mol. The Morgan fingerprint density at radius 3 is 2.59 bits per heavy atom. The van der Waals surface area contributed by atoms with E-state index in [1.54, 1.807) is 13.3 Å². The number of likely N-dealkylation sites (tertiary alicyclic amines) is 1. The van der Waals surface area contributed by atoms with E-state index in [2.05, 4.69) is 42.0 Å². The van der Waals surface area contributed by atoms with Gasteiger partial charge in [-0.1, -0.05) is 6.92 Å². The Hall–Kier alpha value is -3.44. The molecule has 0 unspecified atom stereocenters. The van der Waals surface area contributed by atoms with Crippen molar-refractivity contribution in [3.63, 3.8) is 0 Å². The molecule has 11 heteroatoms. The number of fused-ring (bicyclic) bond motifs is 1. The number of pyridine rings is 1. The van der Waals surface area contributed by atoms with Gasteiger partial charge in [-0.05, 0) is 45.0 Å². The summed E-state index contributed by atoms with van der Waals surface area (Å²) < 4.78 is 16.8. The summed E-state index contributed by atoms with van der Waals surface area (Å²) in [5.74, 6) is 0.265. The predicted octanol–water partition coefficient (Wildman–Crippen LogP) is 4.22. The molecule has 6 heterocycles. The molecule has 0 amide bonds. The second kappa shape index (κ2) is 8.84. The highest BCUT2D eigenvalue weighted by molar-refractivity contribution is 7.22. The Bertz CT molecular complexity index is 1530. The van der Waals surface area contributed by atoms with Crippen LogP contribution in [0.2, 0.25) is 0 Å². The van der Waals surface area contributed by atoms with Gasteiger partial charge in [-0.15, -0.1) is 11.3 Å². The maximum atomic E-state index is 14.9. The summed E-state index contributed by atoms with van der Waals surface area (Å²) in [4.78, 5) is 35.8. The largest absolute Gasteiger partial charge is 0.369 e. The van der Waals surface area contributed by atoms with Gasteiger partial charge in [0.15, 0.2) is 5.82 Å². The molecule has 0 radical (unpaired) electrons. The molecule has 2 fully saturated rings. The van der Waals surface area contributed by atoms with Crippen molar-refractivity contribution in [2.75, 3.05) is 42.9 Å². The van der Waals surface area contributed by atoms with Crippen LogP contribution in [0.4, 0.5) is 21.8 Å². The Balaban J connectivity index is 1.23. The van der Waals surface area contributed by atoms with E-state index in [0.717, 1.165) is 36.3 Å². The predicted molar refractivity (Wildman–Crippen MR) is 144 cm³/mol. The summed E-state index contributed by atoms with van der Waals surface area (Å²) in [5.41, 5.74) is 2.03. The number of nitrogens with zero attached hydrogens (tertiary/aromatic N) is 7. The minimum absolute atomic E-state index is 0.101. The summed E-state index contributed by atoms with van der Waals surface area (Å²) in [5, 5.41) is 3.59. The minimum Gasteiger partial charge on any atom is -0.369 e. The van der Waals surface area contributed by atoms with Crippen molar-refractivity contribution in [2.45, 2.75) is 33.7 Å². The zero-order chi connectivity index (χ0) is 25.9. The van der Waals surface area contributed by atoms with Gasteiger partial charge in [0.05, 0.1) is 28.3 Å². The number of nitrogens with one attached hydrogen (secondary N) is 1. The minimum atomic E-state index is -0.552. The van der Waals surface area contributed by atoms with Gasteiger partial charge in [0.1, 0.15) is 22.7 Å². The molecule has 0 atom stereocenters. The molecular weight excluding hydrogens is 491 g/mol. The molecule has 4 aromatic heterocycles. The van der Waals surface area contributed by atoms with Crippen LogP contribution in [-0.4, -0.2) is 62.1 Å². The maximum absolute atomic E-state index is 14.9. The lowest BCUT2D eigenvalue weighted by Crippen LogP contribution is -2.72. The number of aryl methyl sites for hydroxylation is 1. The lowest BCUT2D eigenvalue weighted by Gasteiger charge is -2.61. The molecule has 6 rings (SSSR count). The van der Waals surface area contributed by atoms with Crippen molar-refractivity contribution >= 4 is 39.0 Å². The van der Waals surface area contributed by atoms with Crippen LogP contribution in [-0.2, 0) is 0 Å². The number of hydrogen-bond donors (Lipinski definition) is 1. The van der Waals surface area contributed by atoms with Crippen LogP contribution in [0, 0.1) is 18.2 Å². The summed E-state index contributed by atoms with van der Waals surface area (Å²) in [6.45, 7) is 13.6. The molecule has 0 aliphatic carbocycles. The Labute approximate surface area is 218 Å². The van der Waals surface area contributed by atoms with Gasteiger partial charge in [0, 0.05) is 37.6 Å². The number of aromatic nitrogens is 5. The second-order valence-electron chi connectivity index (χ2n) is 10.4. The van der Waals surface area contributed by atoms with E-state index in [1.807, 2.05) is 36.7 Å². The van der Waals surface area contributed by atoms with E-state index < -0.39 is 5.82 Å². The third kappa shape index (κ3) is 4.06. The first-order valence-electron chi connectivity index (χ1n) is 12.5. The highest BCUT2D eigenvalue weighted by Gasteiger charge is 2.51. The number of hydrogen-bond acceptors (Lipinski definition) is 9. The van der Waals surface area contributed by atoms with Gasteiger partial charge in [0.25, 0.3) is 5.56 Å². The molecule has 192 valence electrons. The summed E-state index contributed by atoms with van der Waals surface area (Å²) in [7, 11) is 0. The van der Waals surface area contributed by atoms with Gasteiger partial charge in [-0.25, -0.2) is 19.3 Å². The fourth-order valence-electron chi connectivity index (χ4n) is 5.38. The van der Waals surface area contributed by atoms with Crippen molar-refractivity contribution < 1.29 is 4.39 Å². The van der Waals surface area contributed by atoms with E-state index in [4.69, 9.17) is 0 Å². The van der Waals surface area contributed by atoms with E-state index in [9.17, 15) is 9.18 Å². The van der Waals surface area contributed by atoms with Crippen molar-refractivity contribution in [3.05, 3.63) is 52.6 Å². The van der Waals surface area contributed by atoms with Gasteiger partial charge in [-0.2, -0.15) is 4.98 Å². The molecule has 1 spiro atoms. The smallest absolute Gasteiger partial charge is 0.281 e. The van der Waals surface area contributed by atoms with E-state index in [-0.39, 0.29) is 23.2 Å². The number of halogens is 1. The molecule has 0 bridgehead atoms. The Morgan fingerprint density at radius 1 is 1.14 bits per heavy atom. The van der Waals surface area contributed by atoms with Crippen molar-refractivity contribution in [2.24, 2.45) is 5.41 Å². The van der Waals surface area contributed by atoms with E-state index >= 15 is 0 Å². The first-order valence-corrected chi connectivity index (χ1v) is 13.3. The van der Waals surface area contributed by atoms with Gasteiger partial charge in [0.2, 0.25) is 5.95 Å². The van der Waals surface area contributed by atoms with Gasteiger partial charge < -0.3 is 19.7 Å². The van der Waals surface area contributed by atoms with Crippen LogP contribution in [0.5, 0.6) is 0 Å². The summed E-state index contributed by atoms with van der Waals surface area (Å²) in [6, 6.07) is 4.02. The monoisotopic (exact) mass is 520 g/mol. The summed E-state index contributed by atoms with van der Waals surface area (Å²) in [6.07, 6.45) is 4.53. The molecule has 1 N–H and O–H groups in total. The molecule has 2 saturated heterocycles. The van der Waals surface area contributed by atoms with Crippen LogP contribution in [0.1, 0.15) is 32.4 Å². The van der Waals surface area contributed by atoms with Crippen LogP contribution >= 0.6 is 11.3 Å². The molecule has 4 aromatic rings. The first-order chi connectivity index (χ1) is 17.8. The maximum Gasteiger partial charge on any atom is 0.281 e. The second-order valence-corrected chi connectivity index (χ2v) is 11.4. The Morgan fingerprint density at radius 2 is 1.92 bits per heavy atom. The number of thiophene rings is 1. The topological polar surface area (TPSA) is 92.1 Å². The zero-order valence-electron chi connectivity index (χ0n) is 21.3. The zero-order valence-corrected chi connectivity index (χ0v) is 22.1. The third-order valence-electron chi connectivity index (χ3n) is 7.36. The third-order valence-corrected chi connectivity index (χ3v) is 8.67. The Kier molecular flexibility index (Phi) is 5.72. The van der Waals surface area contributed by atoms with Gasteiger partial charge >= 0.3 is 0 Å². The quantitative estimate of drug-likeness (QED) is 0.404. The highest BCUT2D eigenvalue weighted by Crippen LogP contribution is 2.42. The first kappa shape index (κ1) is 23.9. The lowest BCUT2D eigenvalue weighted by atomic mass is 9.72. The molecule has 37 heavy (non-hydrogen) atoms. The molecule has 0 saturated carbocycles. The van der Waals surface area contributed by atoms with Crippen LogP contribution in [0.25, 0.3) is 20.8 Å². The van der Waals surface area contributed by atoms with Crippen LogP contribution < -0.4 is 15.8 Å². The average Bonchev–Trinajstić information content (AvgIpc) is 3.17. The van der Waals surface area contributed by atoms with Crippen molar-refractivity contribution in [1.82, 2.24) is 29.4 Å². The fraction of sp³-hybridized carbons (Fsp3) is 0.423. The number of rotatable bonds is 6. The molecule has 9 nitrogen and oxygen atoms in total. The normalized spacial score (nSPS) is 16.9. The van der Waals surface area contributed by atoms with Crippen molar-refractivity contribution in [3.8, 4) is 10.6 Å². The van der Waals surface area contributed by atoms with Crippen molar-refractivity contribution in [1.29, 1.82) is 0 Å². The van der Waals surface area contributed by atoms with Gasteiger partial charge in [-0.3, -0.25) is 4.79 Å². The standard InChI is InChI=1S/C26H29FN8OS/c1-5-33-10-26(11-33)12-34(13-26)17-6-7-19(28-8-17)31-25-29-9-18(27)21(32-25)22-16(4)20-23(36)30-14-35(15(2)3)24(20)37-22/h6-9,14-15H,5,10-13H2,1-4H3,(H,28,29,31,32). The van der Waals surface area contributed by atoms with Crippen LogP contribution in [0.3, 0.4) is 0 Å². The molecule has 2 aliphatic heterocycles. The molecular formula is C26H29FN8OS. The lowest BCUT2D eigenvalue weighted by molar-refractivity contribution is -0.0178. The number of anilines is 3. The van der Waals surface area contributed by atoms with E-state index in [0.29, 0.717) is 27.1 Å². The highest BCUT2D eigenvalue weighted by atomic mass is 32.1. The molecule has 2 aliphatic rings. The fourth-order valence-corrected chi connectivity index (χ4v) is 6.77. The molecule has 0 aromatic carbocycles. The SMILES string of the molecule is CCN1CC2(C1)CN(c1ccc(Nc3ncc(F)c(-c4sc5c(c4C)c(=O)ncn5C(C)C)n3)nc1)C2.